The minimum Gasteiger partial charge on any atom is -0.437 e. The summed E-state index contributed by atoms with van der Waals surface area (Å²) in [5.41, 5.74) is 0.524. The molecule has 1 unspecified atom stereocenters. The number of benzene rings is 1. The van der Waals surface area contributed by atoms with Crippen LogP contribution in [0.3, 0.4) is 0 Å². The normalized spacial score (nSPS) is 15.9. The highest BCUT2D eigenvalue weighted by Crippen LogP contribution is 2.27. The summed E-state index contributed by atoms with van der Waals surface area (Å²) in [6.45, 7) is 4.57. The van der Waals surface area contributed by atoms with Crippen LogP contribution in [0.15, 0.2) is 66.2 Å². The average Bonchev–Trinajstić information content (AvgIpc) is 3.32. The van der Waals surface area contributed by atoms with Crippen molar-refractivity contribution in [3.8, 4) is 11.6 Å². The zero-order chi connectivity index (χ0) is 21.5. The number of hydrogen-bond donors (Lipinski definition) is 2. The minimum atomic E-state index is -0.276. The van der Waals surface area contributed by atoms with Crippen LogP contribution in [0.1, 0.15) is 10.9 Å². The fraction of sp³-hybridized carbons (Fsp3) is 0.304. The maximum Gasteiger partial charge on any atom is 0.319 e. The molecule has 1 aliphatic heterocycles. The number of rotatable bonds is 7. The Morgan fingerprint density at radius 2 is 1.90 bits per heavy atom. The van der Waals surface area contributed by atoms with E-state index in [4.69, 9.17) is 4.74 Å². The fourth-order valence-corrected chi connectivity index (χ4v) is 4.41. The van der Waals surface area contributed by atoms with Gasteiger partial charge in [0.15, 0.2) is 0 Å². The molecular formula is C23H27N5O2S. The number of anilines is 1. The van der Waals surface area contributed by atoms with Gasteiger partial charge in [0.2, 0.25) is 5.88 Å². The number of likely N-dealkylation sites (N-methyl/N-ethyl adjacent to an activating group) is 1. The third-order valence-electron chi connectivity index (χ3n) is 5.28. The van der Waals surface area contributed by atoms with Crippen LogP contribution in [0.25, 0.3) is 0 Å². The van der Waals surface area contributed by atoms with Crippen molar-refractivity contribution in [2.45, 2.75) is 6.04 Å². The second kappa shape index (κ2) is 10.4. The lowest BCUT2D eigenvalue weighted by Crippen LogP contribution is -2.48. The van der Waals surface area contributed by atoms with Crippen LogP contribution in [-0.2, 0) is 0 Å². The van der Waals surface area contributed by atoms with Crippen molar-refractivity contribution in [3.63, 3.8) is 0 Å². The molecule has 1 atom stereocenters. The Hall–Kier alpha value is -2.94. The first kappa shape index (κ1) is 21.3. The third kappa shape index (κ3) is 5.81. The largest absolute Gasteiger partial charge is 0.437 e. The lowest BCUT2D eigenvalue weighted by atomic mass is 10.1. The number of carbonyl (C=O) groups is 1. The standard InChI is InChI=1S/C23H27N5O2S/c1-27-12-14-28(15-13-27)20(21-10-6-16-31-21)17-25-23(29)26-19-9-5-11-24-22(19)30-18-7-3-2-4-8-18/h2-11,16,20H,12-15,17H2,1H3,(H2,25,26,29). The van der Waals surface area contributed by atoms with Crippen LogP contribution in [0.2, 0.25) is 0 Å². The number of nitrogens with one attached hydrogen (secondary N) is 2. The van der Waals surface area contributed by atoms with Crippen LogP contribution in [-0.4, -0.2) is 60.6 Å². The summed E-state index contributed by atoms with van der Waals surface area (Å²) in [5.74, 6) is 1.02. The van der Waals surface area contributed by atoms with Crippen LogP contribution in [0.5, 0.6) is 11.6 Å². The molecule has 8 heteroatoms. The summed E-state index contributed by atoms with van der Waals surface area (Å²) in [6, 6.07) is 17.0. The number of urea groups is 1. The molecule has 2 aromatic heterocycles. The highest BCUT2D eigenvalue weighted by atomic mass is 32.1. The molecule has 1 aromatic carbocycles. The Morgan fingerprint density at radius 3 is 2.65 bits per heavy atom. The van der Waals surface area contributed by atoms with Crippen molar-refractivity contribution in [2.75, 3.05) is 45.1 Å². The number of amides is 2. The van der Waals surface area contributed by atoms with Gasteiger partial charge in [-0.25, -0.2) is 9.78 Å². The van der Waals surface area contributed by atoms with E-state index in [9.17, 15) is 4.79 Å². The van der Waals surface area contributed by atoms with Crippen molar-refractivity contribution >= 4 is 23.1 Å². The molecule has 1 aliphatic rings. The first-order chi connectivity index (χ1) is 15.2. The predicted molar refractivity (Wildman–Crippen MR) is 124 cm³/mol. The van der Waals surface area contributed by atoms with E-state index in [-0.39, 0.29) is 12.1 Å². The molecule has 2 N–H and O–H groups in total. The zero-order valence-electron chi connectivity index (χ0n) is 17.5. The Bertz CT molecular complexity index is 959. The Morgan fingerprint density at radius 1 is 1.10 bits per heavy atom. The van der Waals surface area contributed by atoms with E-state index in [1.54, 1.807) is 29.7 Å². The van der Waals surface area contributed by atoms with Crippen molar-refractivity contribution < 1.29 is 9.53 Å². The van der Waals surface area contributed by atoms with Crippen molar-refractivity contribution in [1.82, 2.24) is 20.1 Å². The molecule has 0 saturated carbocycles. The van der Waals surface area contributed by atoms with Gasteiger partial charge in [-0.05, 0) is 42.8 Å². The monoisotopic (exact) mass is 437 g/mol. The average molecular weight is 438 g/mol. The van der Waals surface area contributed by atoms with Crippen LogP contribution < -0.4 is 15.4 Å². The Balaban J connectivity index is 1.39. The van der Waals surface area contributed by atoms with E-state index in [1.165, 1.54) is 4.88 Å². The van der Waals surface area contributed by atoms with E-state index < -0.39 is 0 Å². The maximum atomic E-state index is 12.7. The predicted octanol–water partition coefficient (Wildman–Crippen LogP) is 4.05. The topological polar surface area (TPSA) is 69.7 Å². The zero-order valence-corrected chi connectivity index (χ0v) is 18.3. The number of thiophene rings is 1. The van der Waals surface area contributed by atoms with Gasteiger partial charge in [0, 0.05) is 43.8 Å². The summed E-state index contributed by atoms with van der Waals surface area (Å²) in [4.78, 5) is 23.0. The first-order valence-corrected chi connectivity index (χ1v) is 11.3. The molecule has 1 fully saturated rings. The smallest absolute Gasteiger partial charge is 0.319 e. The van der Waals surface area contributed by atoms with Crippen molar-refractivity contribution in [1.29, 1.82) is 0 Å². The van der Waals surface area contributed by atoms with E-state index in [1.807, 2.05) is 30.3 Å². The first-order valence-electron chi connectivity index (χ1n) is 10.4. The molecule has 0 aliphatic carbocycles. The van der Waals surface area contributed by atoms with E-state index in [2.05, 4.69) is 50.0 Å². The van der Waals surface area contributed by atoms with Gasteiger partial charge in [0.05, 0.1) is 6.04 Å². The number of aromatic nitrogens is 1. The van der Waals surface area contributed by atoms with Gasteiger partial charge in [-0.3, -0.25) is 4.90 Å². The van der Waals surface area contributed by atoms with E-state index in [0.29, 0.717) is 23.9 Å². The second-order valence-electron chi connectivity index (χ2n) is 7.48. The summed E-state index contributed by atoms with van der Waals surface area (Å²) < 4.78 is 5.84. The summed E-state index contributed by atoms with van der Waals surface area (Å²) >= 11 is 1.73. The van der Waals surface area contributed by atoms with Gasteiger partial charge in [-0.1, -0.05) is 24.3 Å². The number of carbonyl (C=O) groups excluding carboxylic acids is 1. The van der Waals surface area contributed by atoms with Gasteiger partial charge >= 0.3 is 6.03 Å². The molecule has 7 nitrogen and oxygen atoms in total. The molecule has 0 bridgehead atoms. The van der Waals surface area contributed by atoms with Gasteiger partial charge < -0.3 is 20.3 Å². The number of hydrogen-bond acceptors (Lipinski definition) is 6. The molecule has 0 spiro atoms. The van der Waals surface area contributed by atoms with Crippen LogP contribution in [0.4, 0.5) is 10.5 Å². The number of piperazine rings is 1. The molecule has 1 saturated heterocycles. The van der Waals surface area contributed by atoms with E-state index in [0.717, 1.165) is 26.2 Å². The van der Waals surface area contributed by atoms with Gasteiger partial charge in [0.1, 0.15) is 11.4 Å². The molecule has 0 radical (unpaired) electrons. The van der Waals surface area contributed by atoms with Gasteiger partial charge in [-0.2, -0.15) is 0 Å². The summed E-state index contributed by atoms with van der Waals surface area (Å²) in [6.07, 6.45) is 1.64. The summed E-state index contributed by atoms with van der Waals surface area (Å²) in [7, 11) is 2.15. The number of pyridine rings is 1. The highest BCUT2D eigenvalue weighted by molar-refractivity contribution is 7.10. The van der Waals surface area contributed by atoms with Crippen molar-refractivity contribution in [3.05, 3.63) is 71.1 Å². The lowest BCUT2D eigenvalue weighted by Gasteiger charge is -2.37. The molecule has 3 aromatic rings. The van der Waals surface area contributed by atoms with Crippen LogP contribution in [0, 0.1) is 0 Å². The number of ether oxygens (including phenoxy) is 1. The molecule has 162 valence electrons. The Kier molecular flexibility index (Phi) is 7.14. The molecule has 31 heavy (non-hydrogen) atoms. The third-order valence-corrected chi connectivity index (χ3v) is 6.26. The summed E-state index contributed by atoms with van der Waals surface area (Å²) in [5, 5.41) is 8.00. The van der Waals surface area contributed by atoms with Crippen molar-refractivity contribution in [2.24, 2.45) is 0 Å². The molecular weight excluding hydrogens is 410 g/mol. The fourth-order valence-electron chi connectivity index (χ4n) is 3.55. The van der Waals surface area contributed by atoms with E-state index >= 15 is 0 Å². The molecule has 4 rings (SSSR count). The number of para-hydroxylation sites is 1. The molecule has 2 amide bonds. The quantitative estimate of drug-likeness (QED) is 0.584. The Labute approximate surface area is 186 Å². The van der Waals surface area contributed by atoms with Crippen LogP contribution >= 0.6 is 11.3 Å². The van der Waals surface area contributed by atoms with Gasteiger partial charge in [-0.15, -0.1) is 11.3 Å². The number of nitrogens with zero attached hydrogens (tertiary/aromatic N) is 3. The lowest BCUT2D eigenvalue weighted by molar-refractivity contribution is 0.113. The van der Waals surface area contributed by atoms with Gasteiger partial charge in [0.25, 0.3) is 0 Å². The highest BCUT2D eigenvalue weighted by Gasteiger charge is 2.25. The SMILES string of the molecule is CN1CCN(C(CNC(=O)Nc2cccnc2Oc2ccccc2)c2cccs2)CC1. The second-order valence-corrected chi connectivity index (χ2v) is 8.46. The maximum absolute atomic E-state index is 12.7. The minimum absolute atomic E-state index is 0.161. The molecule has 3 heterocycles.